The highest BCUT2D eigenvalue weighted by atomic mass is 79.9. The van der Waals surface area contributed by atoms with Crippen LogP contribution in [0.2, 0.25) is 0 Å². The minimum atomic E-state index is -0.709. The Hall–Kier alpha value is -0.910. The Bertz CT molecular complexity index is 472. The molecule has 1 fully saturated rings. The summed E-state index contributed by atoms with van der Waals surface area (Å²) >= 11 is 3.53. The smallest absolute Gasteiger partial charge is 0.311 e. The Morgan fingerprint density at radius 1 is 1.40 bits per heavy atom. The predicted octanol–water partition coefficient (Wildman–Crippen LogP) is 2.76. The summed E-state index contributed by atoms with van der Waals surface area (Å²) in [6, 6.07) is 8.03. The molecule has 0 atom stereocenters. The van der Waals surface area contributed by atoms with Crippen molar-refractivity contribution >= 4 is 21.9 Å². The summed E-state index contributed by atoms with van der Waals surface area (Å²) in [5.74, 6) is -0.709. The molecule has 2 rings (SSSR count). The van der Waals surface area contributed by atoms with E-state index in [0.29, 0.717) is 32.6 Å². The molecule has 110 valence electrons. The Kier molecular flexibility index (Phi) is 5.18. The van der Waals surface area contributed by atoms with Gasteiger partial charge in [0.25, 0.3) is 0 Å². The quantitative estimate of drug-likeness (QED) is 0.894. The second-order valence-corrected chi connectivity index (χ2v) is 6.32. The Morgan fingerprint density at radius 3 is 2.65 bits per heavy atom. The average Bonchev–Trinajstić information content (AvgIpc) is 2.42. The lowest BCUT2D eigenvalue weighted by Crippen LogP contribution is -2.45. The number of nitrogens with zero attached hydrogens (tertiary/aromatic N) is 1. The highest BCUT2D eigenvalue weighted by Gasteiger charge is 2.41. The summed E-state index contributed by atoms with van der Waals surface area (Å²) in [5.41, 5.74) is 0.497. The summed E-state index contributed by atoms with van der Waals surface area (Å²) in [6.07, 6.45) is 1.17. The number of carbonyl (C=O) groups is 1. The standard InChI is InChI=1S/C15H20BrNO3/c1-17(10-12-4-2-3-5-13(12)16)11-15(14(18)19)6-8-20-9-7-15/h2-5H,6-11H2,1H3,(H,18,19). The molecule has 1 N–H and O–H groups in total. The van der Waals surface area contributed by atoms with Gasteiger partial charge in [-0.25, -0.2) is 0 Å². The molecule has 1 saturated heterocycles. The SMILES string of the molecule is CN(Cc1ccccc1Br)CC1(C(=O)O)CCOCC1. The third kappa shape index (κ3) is 3.59. The summed E-state index contributed by atoms with van der Waals surface area (Å²) in [6.45, 7) is 2.36. The maximum atomic E-state index is 11.6. The topological polar surface area (TPSA) is 49.8 Å². The predicted molar refractivity (Wildman–Crippen MR) is 80.6 cm³/mol. The monoisotopic (exact) mass is 341 g/mol. The molecule has 0 amide bonds. The first-order valence-electron chi connectivity index (χ1n) is 6.77. The normalized spacial score (nSPS) is 18.1. The summed E-state index contributed by atoms with van der Waals surface area (Å²) in [5, 5.41) is 9.57. The van der Waals surface area contributed by atoms with Crippen LogP contribution in [0.5, 0.6) is 0 Å². The van der Waals surface area contributed by atoms with E-state index in [0.717, 1.165) is 11.0 Å². The van der Waals surface area contributed by atoms with E-state index in [2.05, 4.69) is 26.9 Å². The van der Waals surface area contributed by atoms with E-state index in [9.17, 15) is 9.90 Å². The Balaban J connectivity index is 2.04. The van der Waals surface area contributed by atoms with E-state index in [-0.39, 0.29) is 0 Å². The first-order valence-corrected chi connectivity index (χ1v) is 7.56. The number of benzene rings is 1. The van der Waals surface area contributed by atoms with Crippen molar-refractivity contribution in [2.24, 2.45) is 5.41 Å². The van der Waals surface area contributed by atoms with Gasteiger partial charge >= 0.3 is 5.97 Å². The number of hydrogen-bond acceptors (Lipinski definition) is 3. The summed E-state index contributed by atoms with van der Waals surface area (Å²) in [7, 11) is 1.97. The Labute approximate surface area is 127 Å². The second kappa shape index (κ2) is 6.70. The van der Waals surface area contributed by atoms with Gasteiger partial charge in [0, 0.05) is 30.8 Å². The Morgan fingerprint density at radius 2 is 2.05 bits per heavy atom. The zero-order chi connectivity index (χ0) is 14.6. The van der Waals surface area contributed by atoms with Crippen molar-refractivity contribution < 1.29 is 14.6 Å². The van der Waals surface area contributed by atoms with Crippen molar-refractivity contribution in [1.82, 2.24) is 4.90 Å². The molecular formula is C15H20BrNO3. The van der Waals surface area contributed by atoms with E-state index in [4.69, 9.17) is 4.74 Å². The minimum Gasteiger partial charge on any atom is -0.481 e. The molecule has 0 aromatic heterocycles. The zero-order valence-corrected chi connectivity index (χ0v) is 13.2. The third-order valence-corrected chi connectivity index (χ3v) is 4.65. The van der Waals surface area contributed by atoms with Crippen LogP contribution in [0.1, 0.15) is 18.4 Å². The third-order valence-electron chi connectivity index (χ3n) is 3.87. The van der Waals surface area contributed by atoms with Crippen LogP contribution >= 0.6 is 15.9 Å². The number of halogens is 1. The van der Waals surface area contributed by atoms with Crippen LogP contribution in [0.15, 0.2) is 28.7 Å². The first kappa shape index (κ1) is 15.5. The van der Waals surface area contributed by atoms with Crippen molar-refractivity contribution in [3.8, 4) is 0 Å². The van der Waals surface area contributed by atoms with Gasteiger partial charge in [0.2, 0.25) is 0 Å². The van der Waals surface area contributed by atoms with Gasteiger partial charge in [0.15, 0.2) is 0 Å². The molecule has 1 aliphatic rings. The van der Waals surface area contributed by atoms with Gasteiger partial charge in [-0.1, -0.05) is 34.1 Å². The molecule has 0 bridgehead atoms. The molecule has 20 heavy (non-hydrogen) atoms. The molecule has 1 aliphatic heterocycles. The lowest BCUT2D eigenvalue weighted by Gasteiger charge is -2.36. The van der Waals surface area contributed by atoms with E-state index >= 15 is 0 Å². The molecule has 5 heteroatoms. The molecule has 0 spiro atoms. The van der Waals surface area contributed by atoms with Gasteiger partial charge in [-0.15, -0.1) is 0 Å². The minimum absolute atomic E-state index is 0.537. The molecule has 0 saturated carbocycles. The van der Waals surface area contributed by atoms with Crippen LogP contribution in [0.4, 0.5) is 0 Å². The van der Waals surface area contributed by atoms with E-state index in [1.165, 1.54) is 5.56 Å². The van der Waals surface area contributed by atoms with Gasteiger partial charge in [0.1, 0.15) is 0 Å². The fourth-order valence-corrected chi connectivity index (χ4v) is 3.10. The zero-order valence-electron chi connectivity index (χ0n) is 11.6. The van der Waals surface area contributed by atoms with Crippen molar-refractivity contribution in [3.05, 3.63) is 34.3 Å². The molecule has 1 aromatic carbocycles. The number of hydrogen-bond donors (Lipinski definition) is 1. The highest BCUT2D eigenvalue weighted by molar-refractivity contribution is 9.10. The van der Waals surface area contributed by atoms with Crippen LogP contribution in [-0.2, 0) is 16.1 Å². The molecule has 1 heterocycles. The largest absolute Gasteiger partial charge is 0.481 e. The van der Waals surface area contributed by atoms with Crippen LogP contribution in [0.25, 0.3) is 0 Å². The lowest BCUT2D eigenvalue weighted by atomic mass is 9.80. The molecule has 0 unspecified atom stereocenters. The number of rotatable bonds is 5. The van der Waals surface area contributed by atoms with Gasteiger partial charge < -0.3 is 14.7 Å². The van der Waals surface area contributed by atoms with E-state index < -0.39 is 11.4 Å². The van der Waals surface area contributed by atoms with Crippen LogP contribution in [-0.4, -0.2) is 42.8 Å². The van der Waals surface area contributed by atoms with Crippen molar-refractivity contribution in [2.45, 2.75) is 19.4 Å². The van der Waals surface area contributed by atoms with E-state index in [1.54, 1.807) is 0 Å². The van der Waals surface area contributed by atoms with Crippen LogP contribution in [0, 0.1) is 5.41 Å². The first-order chi connectivity index (χ1) is 9.53. The molecule has 0 aliphatic carbocycles. The lowest BCUT2D eigenvalue weighted by molar-refractivity contribution is -0.156. The van der Waals surface area contributed by atoms with Gasteiger partial charge in [0.05, 0.1) is 5.41 Å². The van der Waals surface area contributed by atoms with E-state index in [1.807, 2.05) is 25.2 Å². The molecular weight excluding hydrogens is 322 g/mol. The number of ether oxygens (including phenoxy) is 1. The maximum Gasteiger partial charge on any atom is 0.311 e. The van der Waals surface area contributed by atoms with Crippen molar-refractivity contribution in [3.63, 3.8) is 0 Å². The second-order valence-electron chi connectivity index (χ2n) is 5.46. The fourth-order valence-electron chi connectivity index (χ4n) is 2.69. The number of aliphatic carboxylic acids is 1. The number of carboxylic acid groups (broad SMARTS) is 1. The maximum absolute atomic E-state index is 11.6. The van der Waals surface area contributed by atoms with Crippen molar-refractivity contribution in [2.75, 3.05) is 26.8 Å². The molecule has 0 radical (unpaired) electrons. The van der Waals surface area contributed by atoms with Crippen LogP contribution in [0.3, 0.4) is 0 Å². The molecule has 1 aromatic rings. The van der Waals surface area contributed by atoms with Gasteiger partial charge in [-0.05, 0) is 31.5 Å². The molecule has 4 nitrogen and oxygen atoms in total. The highest BCUT2D eigenvalue weighted by Crippen LogP contribution is 2.32. The van der Waals surface area contributed by atoms with Crippen molar-refractivity contribution in [1.29, 1.82) is 0 Å². The summed E-state index contributed by atoms with van der Waals surface area (Å²) < 4.78 is 6.36. The number of carboxylic acids is 1. The summed E-state index contributed by atoms with van der Waals surface area (Å²) in [4.78, 5) is 13.7. The average molecular weight is 342 g/mol. The fraction of sp³-hybridized carbons (Fsp3) is 0.533. The van der Waals surface area contributed by atoms with Crippen LogP contribution < -0.4 is 0 Å². The van der Waals surface area contributed by atoms with Gasteiger partial charge in [-0.2, -0.15) is 0 Å². The van der Waals surface area contributed by atoms with Gasteiger partial charge in [-0.3, -0.25) is 4.79 Å².